The molecular formula is C18H29O6PS. The van der Waals surface area contributed by atoms with Gasteiger partial charge in [-0.05, 0) is 38.7 Å². The molecule has 0 N–H and O–H groups in total. The molecule has 0 aliphatic rings. The Hall–Kier alpha value is -1.01. The van der Waals surface area contributed by atoms with E-state index in [0.717, 1.165) is 19.1 Å². The molecule has 2 unspecified atom stereocenters. The fourth-order valence-corrected chi connectivity index (χ4v) is 4.73. The number of hydrogen-bond donors (Lipinski definition) is 0. The number of esters is 1. The molecule has 0 aliphatic carbocycles. The quantitative estimate of drug-likeness (QED) is 0.218. The van der Waals surface area contributed by atoms with Crippen LogP contribution < -0.4 is 0 Å². The van der Waals surface area contributed by atoms with Gasteiger partial charge in [-0.2, -0.15) is 8.42 Å². The van der Waals surface area contributed by atoms with Crippen LogP contribution in [0.25, 0.3) is 0 Å². The van der Waals surface area contributed by atoms with Crippen LogP contribution in [0.2, 0.25) is 0 Å². The van der Waals surface area contributed by atoms with E-state index >= 15 is 0 Å². The fraction of sp³-hybridized carbons (Fsp3) is 0.611. The first-order valence-electron chi connectivity index (χ1n) is 8.73. The molecule has 0 fully saturated rings. The predicted octanol–water partition coefficient (Wildman–Crippen LogP) is 2.96. The molecule has 0 heterocycles. The molecule has 0 saturated heterocycles. The number of carbonyl (C=O) groups is 1. The molecule has 0 radical (unpaired) electrons. The first-order chi connectivity index (χ1) is 12.3. The molecule has 0 amide bonds. The molecule has 26 heavy (non-hydrogen) atoms. The maximum absolute atomic E-state index is 12.6. The summed E-state index contributed by atoms with van der Waals surface area (Å²) in [6.07, 6.45) is 3.55. The van der Waals surface area contributed by atoms with E-state index in [2.05, 4.69) is 12.1 Å². The van der Waals surface area contributed by atoms with Crippen LogP contribution in [0.15, 0.2) is 30.3 Å². The van der Waals surface area contributed by atoms with E-state index in [1.807, 2.05) is 25.1 Å². The van der Waals surface area contributed by atoms with Crippen LogP contribution in [-0.2, 0) is 35.0 Å². The summed E-state index contributed by atoms with van der Waals surface area (Å²) >= 11 is 0. The molecular weight excluding hydrogens is 375 g/mol. The van der Waals surface area contributed by atoms with Gasteiger partial charge in [-0.15, -0.1) is 0 Å². The molecule has 0 saturated carbocycles. The van der Waals surface area contributed by atoms with Crippen LogP contribution in [0.4, 0.5) is 0 Å². The highest BCUT2D eigenvalue weighted by Gasteiger charge is 2.40. The SMILES string of the molecule is CCOC(=O)C(CCCc1ccccc1)(CPCOS(C)(=O)=O)OCC. The summed E-state index contributed by atoms with van der Waals surface area (Å²) in [7, 11) is -3.37. The topological polar surface area (TPSA) is 78.9 Å². The van der Waals surface area contributed by atoms with Crippen molar-refractivity contribution in [2.75, 3.05) is 32.0 Å². The van der Waals surface area contributed by atoms with Crippen molar-refractivity contribution in [3.05, 3.63) is 35.9 Å². The molecule has 0 bridgehead atoms. The number of hydrogen-bond acceptors (Lipinski definition) is 6. The first-order valence-corrected chi connectivity index (χ1v) is 12.0. The zero-order valence-corrected chi connectivity index (χ0v) is 17.5. The summed E-state index contributed by atoms with van der Waals surface area (Å²) in [5.41, 5.74) is 0.142. The molecule has 2 atom stereocenters. The van der Waals surface area contributed by atoms with E-state index in [0.29, 0.717) is 19.2 Å². The third-order valence-electron chi connectivity index (χ3n) is 3.74. The molecule has 6 nitrogen and oxygen atoms in total. The highest BCUT2D eigenvalue weighted by atomic mass is 32.2. The lowest BCUT2D eigenvalue weighted by Gasteiger charge is -2.31. The maximum atomic E-state index is 12.6. The fourth-order valence-electron chi connectivity index (χ4n) is 2.61. The minimum absolute atomic E-state index is 0.0474. The van der Waals surface area contributed by atoms with Crippen LogP contribution in [0.1, 0.15) is 32.3 Å². The third kappa shape index (κ3) is 8.58. The molecule has 0 aliphatic heterocycles. The zero-order chi connectivity index (χ0) is 19.5. The molecule has 148 valence electrons. The van der Waals surface area contributed by atoms with Crippen LogP contribution >= 0.6 is 8.58 Å². The number of aryl methyl sites for hydroxylation is 1. The second-order valence-electron chi connectivity index (χ2n) is 5.88. The summed E-state index contributed by atoms with van der Waals surface area (Å²) in [6.45, 7) is 4.24. The van der Waals surface area contributed by atoms with E-state index in [9.17, 15) is 13.2 Å². The summed E-state index contributed by atoms with van der Waals surface area (Å²) in [4.78, 5) is 12.6. The lowest BCUT2D eigenvalue weighted by molar-refractivity contribution is -0.169. The van der Waals surface area contributed by atoms with Gasteiger partial charge < -0.3 is 9.47 Å². The van der Waals surface area contributed by atoms with Crippen molar-refractivity contribution in [1.29, 1.82) is 0 Å². The Labute approximate surface area is 158 Å². The van der Waals surface area contributed by atoms with Crippen molar-refractivity contribution in [1.82, 2.24) is 0 Å². The number of rotatable bonds is 13. The van der Waals surface area contributed by atoms with E-state index in [1.165, 1.54) is 5.56 Å². The predicted molar refractivity (Wildman–Crippen MR) is 104 cm³/mol. The zero-order valence-electron chi connectivity index (χ0n) is 15.7. The number of benzene rings is 1. The van der Waals surface area contributed by atoms with E-state index in [4.69, 9.17) is 13.7 Å². The van der Waals surface area contributed by atoms with Gasteiger partial charge in [0.1, 0.15) is 0 Å². The minimum Gasteiger partial charge on any atom is -0.464 e. The molecule has 0 aromatic heterocycles. The van der Waals surface area contributed by atoms with Gasteiger partial charge in [0.25, 0.3) is 10.1 Å². The maximum Gasteiger partial charge on any atom is 0.338 e. The summed E-state index contributed by atoms with van der Waals surface area (Å²) in [5, 5.41) is 0. The molecule has 0 spiro atoms. The Bertz CT molecular complexity index is 634. The van der Waals surface area contributed by atoms with Crippen molar-refractivity contribution < 1.29 is 26.9 Å². The Balaban J connectivity index is 2.74. The van der Waals surface area contributed by atoms with Crippen molar-refractivity contribution in [3.63, 3.8) is 0 Å². The van der Waals surface area contributed by atoms with Crippen molar-refractivity contribution in [3.8, 4) is 0 Å². The number of ether oxygens (including phenoxy) is 2. The van der Waals surface area contributed by atoms with Gasteiger partial charge >= 0.3 is 5.97 Å². The molecule has 8 heteroatoms. The van der Waals surface area contributed by atoms with Crippen LogP contribution in [-0.4, -0.2) is 52.0 Å². The largest absolute Gasteiger partial charge is 0.464 e. The van der Waals surface area contributed by atoms with Gasteiger partial charge in [0.05, 0.1) is 19.2 Å². The van der Waals surface area contributed by atoms with Crippen LogP contribution in [0.3, 0.4) is 0 Å². The van der Waals surface area contributed by atoms with Crippen LogP contribution in [0, 0.1) is 0 Å². The summed E-state index contributed by atoms with van der Waals surface area (Å²) < 4.78 is 38.1. The van der Waals surface area contributed by atoms with Crippen molar-refractivity contribution >= 4 is 24.7 Å². The molecule has 1 aromatic rings. The van der Waals surface area contributed by atoms with Crippen LogP contribution in [0.5, 0.6) is 0 Å². The van der Waals surface area contributed by atoms with Gasteiger partial charge in [0, 0.05) is 12.8 Å². The minimum atomic E-state index is -3.49. The smallest absolute Gasteiger partial charge is 0.338 e. The average molecular weight is 404 g/mol. The van der Waals surface area contributed by atoms with E-state index in [1.54, 1.807) is 6.92 Å². The van der Waals surface area contributed by atoms with Gasteiger partial charge in [0.15, 0.2) is 5.60 Å². The van der Waals surface area contributed by atoms with Gasteiger partial charge in [-0.1, -0.05) is 38.9 Å². The lowest BCUT2D eigenvalue weighted by Crippen LogP contribution is -2.45. The monoisotopic (exact) mass is 404 g/mol. The van der Waals surface area contributed by atoms with E-state index < -0.39 is 15.7 Å². The normalized spacial score (nSPS) is 14.4. The highest BCUT2D eigenvalue weighted by molar-refractivity contribution is 7.86. The standard InChI is InChI=1S/C18H29O6PS/c1-4-22-17(19)18(23-5-2,14-25-15-24-26(3,20)21)13-9-12-16-10-7-6-8-11-16/h6-8,10-11,25H,4-5,9,12-15H2,1-3H3. The third-order valence-corrected chi connectivity index (χ3v) is 5.67. The second-order valence-corrected chi connectivity index (χ2v) is 8.67. The highest BCUT2D eigenvalue weighted by Crippen LogP contribution is 2.30. The first kappa shape index (κ1) is 23.0. The molecule has 1 rings (SSSR count). The summed E-state index contributed by atoms with van der Waals surface area (Å²) in [5.74, 6) is -0.387. The second kappa shape index (κ2) is 11.7. The van der Waals surface area contributed by atoms with Gasteiger partial charge in [0.2, 0.25) is 0 Å². The Morgan fingerprint density at radius 1 is 1.15 bits per heavy atom. The Kier molecular flexibility index (Phi) is 10.3. The number of carbonyl (C=O) groups excluding carboxylic acids is 1. The van der Waals surface area contributed by atoms with Crippen molar-refractivity contribution in [2.45, 2.75) is 38.7 Å². The Morgan fingerprint density at radius 3 is 2.42 bits per heavy atom. The van der Waals surface area contributed by atoms with E-state index in [-0.39, 0.29) is 27.5 Å². The van der Waals surface area contributed by atoms with Gasteiger partial charge in [-0.3, -0.25) is 4.18 Å². The molecule has 1 aromatic carbocycles. The summed E-state index contributed by atoms with van der Waals surface area (Å²) in [6, 6.07) is 10.0. The lowest BCUT2D eigenvalue weighted by atomic mass is 9.96. The van der Waals surface area contributed by atoms with Crippen molar-refractivity contribution in [2.24, 2.45) is 0 Å². The Morgan fingerprint density at radius 2 is 1.85 bits per heavy atom. The average Bonchev–Trinajstić information content (AvgIpc) is 2.59. The van der Waals surface area contributed by atoms with Gasteiger partial charge in [-0.25, -0.2) is 4.79 Å².